The molecular weight excluding hydrogens is 266 g/mol. The number of likely N-dealkylation sites (tertiary alicyclic amines) is 1. The first-order valence-corrected chi connectivity index (χ1v) is 7.13. The van der Waals surface area contributed by atoms with Gasteiger partial charge in [0.15, 0.2) is 0 Å². The lowest BCUT2D eigenvalue weighted by Gasteiger charge is -2.27. The molecule has 0 radical (unpaired) electrons. The first-order chi connectivity index (χ1) is 10.2. The Bertz CT molecular complexity index is 597. The number of aliphatic hydroxyl groups excluding tert-OH is 1. The number of aromatic nitrogens is 2. The van der Waals surface area contributed by atoms with E-state index in [1.807, 2.05) is 35.2 Å². The summed E-state index contributed by atoms with van der Waals surface area (Å²) in [5.74, 6) is 0.0688. The number of benzene rings is 1. The van der Waals surface area contributed by atoms with Crippen LogP contribution in [0.25, 0.3) is 0 Å². The second-order valence-corrected chi connectivity index (χ2v) is 5.60. The quantitative estimate of drug-likeness (QED) is 0.913. The lowest BCUT2D eigenvalue weighted by atomic mass is 9.80. The molecule has 5 nitrogen and oxygen atoms in total. The van der Waals surface area contributed by atoms with E-state index in [9.17, 15) is 9.90 Å². The van der Waals surface area contributed by atoms with E-state index < -0.39 is 0 Å². The van der Waals surface area contributed by atoms with Crippen LogP contribution in [0.15, 0.2) is 49.1 Å². The highest BCUT2D eigenvalue weighted by Crippen LogP contribution is 2.34. The molecule has 1 amide bonds. The van der Waals surface area contributed by atoms with E-state index >= 15 is 0 Å². The second-order valence-electron chi connectivity index (χ2n) is 5.60. The summed E-state index contributed by atoms with van der Waals surface area (Å²) in [6, 6.07) is 9.97. The highest BCUT2D eigenvalue weighted by atomic mass is 16.3. The molecule has 2 heterocycles. The Hall–Kier alpha value is -2.14. The fourth-order valence-electron chi connectivity index (χ4n) is 2.97. The molecule has 0 aliphatic carbocycles. The van der Waals surface area contributed by atoms with Crippen LogP contribution in [0.4, 0.5) is 0 Å². The number of nitrogens with zero attached hydrogens (tertiary/aromatic N) is 3. The molecule has 110 valence electrons. The van der Waals surface area contributed by atoms with Crippen LogP contribution in [0.1, 0.15) is 12.0 Å². The van der Waals surface area contributed by atoms with Crippen LogP contribution in [0, 0.1) is 0 Å². The molecule has 21 heavy (non-hydrogen) atoms. The largest absolute Gasteiger partial charge is 0.395 e. The first kappa shape index (κ1) is 13.8. The first-order valence-electron chi connectivity index (χ1n) is 7.13. The maximum Gasteiger partial charge on any atom is 0.242 e. The Labute approximate surface area is 123 Å². The highest BCUT2D eigenvalue weighted by Gasteiger charge is 2.40. The van der Waals surface area contributed by atoms with Crippen molar-refractivity contribution in [1.82, 2.24) is 14.5 Å². The number of rotatable bonds is 4. The van der Waals surface area contributed by atoms with Crippen LogP contribution in [0.5, 0.6) is 0 Å². The number of aliphatic hydroxyl groups is 1. The van der Waals surface area contributed by atoms with E-state index in [1.165, 1.54) is 0 Å². The van der Waals surface area contributed by atoms with Crippen LogP contribution in [-0.2, 0) is 16.8 Å². The zero-order valence-electron chi connectivity index (χ0n) is 11.9. The molecule has 1 aliphatic heterocycles. The number of carbonyl (C=O) groups is 1. The summed E-state index contributed by atoms with van der Waals surface area (Å²) in [5.41, 5.74) is 0.775. The SMILES string of the molecule is O=C(Cn1ccnc1)N1CCC(CO)(c2ccccc2)C1. The minimum Gasteiger partial charge on any atom is -0.395 e. The molecule has 1 saturated heterocycles. The van der Waals surface area contributed by atoms with Gasteiger partial charge >= 0.3 is 0 Å². The van der Waals surface area contributed by atoms with Crippen molar-refractivity contribution in [2.75, 3.05) is 19.7 Å². The van der Waals surface area contributed by atoms with Crippen LogP contribution < -0.4 is 0 Å². The zero-order chi connectivity index (χ0) is 14.7. The minimum absolute atomic E-state index is 0.0614. The Morgan fingerprint density at radius 2 is 2.14 bits per heavy atom. The van der Waals surface area contributed by atoms with Gasteiger partial charge in [0.25, 0.3) is 0 Å². The average molecular weight is 285 g/mol. The van der Waals surface area contributed by atoms with Crippen molar-refractivity contribution in [2.45, 2.75) is 18.4 Å². The monoisotopic (exact) mass is 285 g/mol. The molecule has 1 fully saturated rings. The molecule has 0 spiro atoms. The molecule has 1 aromatic heterocycles. The Kier molecular flexibility index (Phi) is 3.75. The Morgan fingerprint density at radius 3 is 2.81 bits per heavy atom. The maximum atomic E-state index is 12.3. The van der Waals surface area contributed by atoms with Gasteiger partial charge in [0, 0.05) is 30.9 Å². The lowest BCUT2D eigenvalue weighted by molar-refractivity contribution is -0.131. The zero-order valence-corrected chi connectivity index (χ0v) is 11.9. The summed E-state index contributed by atoms with van der Waals surface area (Å²) in [6.07, 6.45) is 5.89. The van der Waals surface area contributed by atoms with Gasteiger partial charge in [-0.1, -0.05) is 30.3 Å². The summed E-state index contributed by atoms with van der Waals surface area (Å²) in [5, 5.41) is 9.87. The number of imidazole rings is 1. The third-order valence-corrected chi connectivity index (χ3v) is 4.27. The van der Waals surface area contributed by atoms with Crippen LogP contribution >= 0.6 is 0 Å². The van der Waals surface area contributed by atoms with Gasteiger partial charge < -0.3 is 14.6 Å². The third kappa shape index (κ3) is 2.69. The van der Waals surface area contributed by atoms with Crippen molar-refractivity contribution in [3.05, 3.63) is 54.6 Å². The van der Waals surface area contributed by atoms with Crippen molar-refractivity contribution in [1.29, 1.82) is 0 Å². The molecule has 1 unspecified atom stereocenters. The predicted molar refractivity (Wildman–Crippen MR) is 78.6 cm³/mol. The molecule has 1 atom stereocenters. The van der Waals surface area contributed by atoms with Crippen molar-refractivity contribution < 1.29 is 9.90 Å². The van der Waals surface area contributed by atoms with Gasteiger partial charge in [-0.15, -0.1) is 0 Å². The molecular formula is C16H19N3O2. The molecule has 1 aromatic carbocycles. The Morgan fingerprint density at radius 1 is 1.33 bits per heavy atom. The van der Waals surface area contributed by atoms with E-state index in [0.717, 1.165) is 12.0 Å². The Balaban J connectivity index is 1.73. The van der Waals surface area contributed by atoms with Gasteiger partial charge in [-0.25, -0.2) is 4.98 Å². The van der Waals surface area contributed by atoms with Crippen molar-refractivity contribution in [3.8, 4) is 0 Å². The standard InChI is InChI=1S/C16H19N3O2/c20-12-16(14-4-2-1-3-5-14)6-8-19(11-16)15(21)10-18-9-7-17-13-18/h1-5,7,9,13,20H,6,8,10-12H2. The molecule has 1 N–H and O–H groups in total. The van der Waals surface area contributed by atoms with E-state index in [1.54, 1.807) is 23.3 Å². The summed E-state index contributed by atoms with van der Waals surface area (Å²) < 4.78 is 1.77. The normalized spacial score (nSPS) is 21.7. The van der Waals surface area contributed by atoms with Crippen LogP contribution in [0.3, 0.4) is 0 Å². The topological polar surface area (TPSA) is 58.4 Å². The highest BCUT2D eigenvalue weighted by molar-refractivity contribution is 5.76. The van der Waals surface area contributed by atoms with Gasteiger partial charge in [-0.05, 0) is 12.0 Å². The predicted octanol–water partition coefficient (Wildman–Crippen LogP) is 1.05. The summed E-state index contributed by atoms with van der Waals surface area (Å²) in [6.45, 7) is 1.62. The van der Waals surface area contributed by atoms with Crippen LogP contribution in [-0.4, -0.2) is 45.2 Å². The summed E-state index contributed by atoms with van der Waals surface area (Å²) in [7, 11) is 0. The lowest BCUT2D eigenvalue weighted by Crippen LogP contribution is -2.38. The van der Waals surface area contributed by atoms with Gasteiger partial charge in [-0.3, -0.25) is 4.79 Å². The smallest absolute Gasteiger partial charge is 0.242 e. The van der Waals surface area contributed by atoms with Gasteiger partial charge in [0.2, 0.25) is 5.91 Å². The molecule has 1 aliphatic rings. The summed E-state index contributed by atoms with van der Waals surface area (Å²) >= 11 is 0. The molecule has 5 heteroatoms. The van der Waals surface area contributed by atoms with Gasteiger partial charge in [0.05, 0.1) is 12.9 Å². The number of hydrogen-bond acceptors (Lipinski definition) is 3. The fraction of sp³-hybridized carbons (Fsp3) is 0.375. The minimum atomic E-state index is -0.328. The van der Waals surface area contributed by atoms with E-state index in [-0.39, 0.29) is 17.9 Å². The molecule has 2 aromatic rings. The summed E-state index contributed by atoms with van der Waals surface area (Å²) in [4.78, 5) is 18.1. The number of amides is 1. The molecule has 0 saturated carbocycles. The van der Waals surface area contributed by atoms with Crippen molar-refractivity contribution >= 4 is 5.91 Å². The van der Waals surface area contributed by atoms with Crippen LogP contribution in [0.2, 0.25) is 0 Å². The van der Waals surface area contributed by atoms with Gasteiger partial charge in [0.1, 0.15) is 6.54 Å². The van der Waals surface area contributed by atoms with E-state index in [4.69, 9.17) is 0 Å². The molecule has 0 bridgehead atoms. The van der Waals surface area contributed by atoms with E-state index in [0.29, 0.717) is 19.6 Å². The fourth-order valence-corrected chi connectivity index (χ4v) is 2.97. The van der Waals surface area contributed by atoms with Gasteiger partial charge in [-0.2, -0.15) is 0 Å². The van der Waals surface area contributed by atoms with E-state index in [2.05, 4.69) is 4.98 Å². The average Bonchev–Trinajstić information content (AvgIpc) is 3.18. The second kappa shape index (κ2) is 5.69. The third-order valence-electron chi connectivity index (χ3n) is 4.27. The number of carbonyl (C=O) groups excluding carboxylic acids is 1. The number of hydrogen-bond donors (Lipinski definition) is 1. The van der Waals surface area contributed by atoms with Crippen molar-refractivity contribution in [2.24, 2.45) is 0 Å². The molecule has 3 rings (SSSR count). The van der Waals surface area contributed by atoms with Crippen molar-refractivity contribution in [3.63, 3.8) is 0 Å². The maximum absolute atomic E-state index is 12.3.